The Labute approximate surface area is 110 Å². The normalized spacial score (nSPS) is 12.1. The average molecular weight is 259 g/mol. The van der Waals surface area contributed by atoms with E-state index in [9.17, 15) is 14.5 Å². The Morgan fingerprint density at radius 2 is 1.79 bits per heavy atom. The summed E-state index contributed by atoms with van der Waals surface area (Å²) in [5, 5.41) is 10.6. The summed E-state index contributed by atoms with van der Waals surface area (Å²) in [5.41, 5.74) is 1.56. The van der Waals surface area contributed by atoms with Gasteiger partial charge in [-0.15, -0.1) is 0 Å². The number of hydrogen-bond acceptors (Lipinski definition) is 2. The molecule has 0 saturated heterocycles. The van der Waals surface area contributed by atoms with E-state index < -0.39 is 4.92 Å². The number of rotatable bonds is 4. The third-order valence-corrected chi connectivity index (χ3v) is 3.20. The number of benzene rings is 2. The summed E-state index contributed by atoms with van der Waals surface area (Å²) in [5.74, 6) is -0.324. The van der Waals surface area contributed by atoms with E-state index in [1.54, 1.807) is 30.3 Å². The van der Waals surface area contributed by atoms with Crippen molar-refractivity contribution in [3.05, 3.63) is 75.6 Å². The molecule has 2 aromatic carbocycles. The number of hydrogen-bond donors (Lipinski definition) is 0. The van der Waals surface area contributed by atoms with Crippen LogP contribution in [0.15, 0.2) is 48.5 Å². The van der Waals surface area contributed by atoms with Gasteiger partial charge in [-0.1, -0.05) is 37.3 Å². The zero-order valence-corrected chi connectivity index (χ0v) is 10.5. The lowest BCUT2D eigenvalue weighted by atomic mass is 9.89. The first kappa shape index (κ1) is 13.2. The van der Waals surface area contributed by atoms with Gasteiger partial charge in [-0.3, -0.25) is 10.1 Å². The van der Waals surface area contributed by atoms with Crippen LogP contribution in [0.2, 0.25) is 0 Å². The second-order valence-electron chi connectivity index (χ2n) is 4.33. The molecule has 0 bridgehead atoms. The van der Waals surface area contributed by atoms with E-state index >= 15 is 0 Å². The molecule has 0 N–H and O–H groups in total. The van der Waals surface area contributed by atoms with Gasteiger partial charge in [-0.2, -0.15) is 0 Å². The Kier molecular flexibility index (Phi) is 3.90. The summed E-state index contributed by atoms with van der Waals surface area (Å²) in [7, 11) is 0. The van der Waals surface area contributed by atoms with Crippen molar-refractivity contribution >= 4 is 5.69 Å². The van der Waals surface area contributed by atoms with Crippen LogP contribution in [0.3, 0.4) is 0 Å². The number of nitro benzene ring substituents is 1. The van der Waals surface area contributed by atoms with Crippen LogP contribution in [0, 0.1) is 15.9 Å². The average Bonchev–Trinajstić information content (AvgIpc) is 2.42. The Morgan fingerprint density at radius 1 is 1.16 bits per heavy atom. The van der Waals surface area contributed by atoms with Crippen LogP contribution in [0.1, 0.15) is 30.4 Å². The SMILES string of the molecule is CCC(c1ccc([N+](=O)[O-])cc1)c1ccccc1F. The Morgan fingerprint density at radius 3 is 2.32 bits per heavy atom. The highest BCUT2D eigenvalue weighted by Gasteiger charge is 2.16. The third-order valence-electron chi connectivity index (χ3n) is 3.20. The zero-order valence-electron chi connectivity index (χ0n) is 10.5. The van der Waals surface area contributed by atoms with E-state index in [0.717, 1.165) is 12.0 Å². The molecular formula is C15H14FNO2. The van der Waals surface area contributed by atoms with Gasteiger partial charge in [0.05, 0.1) is 4.92 Å². The Balaban J connectivity index is 2.37. The lowest BCUT2D eigenvalue weighted by Crippen LogP contribution is -2.02. The second kappa shape index (κ2) is 5.61. The fraction of sp³-hybridized carbons (Fsp3) is 0.200. The molecule has 4 heteroatoms. The van der Waals surface area contributed by atoms with Crippen molar-refractivity contribution in [3.63, 3.8) is 0 Å². The van der Waals surface area contributed by atoms with E-state index in [-0.39, 0.29) is 17.4 Å². The van der Waals surface area contributed by atoms with Gasteiger partial charge in [0.1, 0.15) is 5.82 Å². The predicted octanol–water partition coefficient (Wildman–Crippen LogP) is 4.28. The van der Waals surface area contributed by atoms with Gasteiger partial charge in [0.25, 0.3) is 5.69 Å². The van der Waals surface area contributed by atoms with Crippen LogP contribution in [-0.4, -0.2) is 4.92 Å². The molecular weight excluding hydrogens is 245 g/mol. The van der Waals surface area contributed by atoms with Crippen molar-refractivity contribution in [2.24, 2.45) is 0 Å². The van der Waals surface area contributed by atoms with Crippen LogP contribution < -0.4 is 0 Å². The Hall–Kier alpha value is -2.23. The number of nitrogens with zero attached hydrogens (tertiary/aromatic N) is 1. The van der Waals surface area contributed by atoms with Gasteiger partial charge < -0.3 is 0 Å². The summed E-state index contributed by atoms with van der Waals surface area (Å²) < 4.78 is 13.8. The smallest absolute Gasteiger partial charge is 0.258 e. The summed E-state index contributed by atoms with van der Waals surface area (Å²) in [6.45, 7) is 1.97. The van der Waals surface area contributed by atoms with Crippen molar-refractivity contribution in [1.82, 2.24) is 0 Å². The molecule has 3 nitrogen and oxygen atoms in total. The van der Waals surface area contributed by atoms with Crippen LogP contribution in [0.25, 0.3) is 0 Å². The van der Waals surface area contributed by atoms with Gasteiger partial charge in [-0.05, 0) is 23.6 Å². The minimum absolute atomic E-state index is 0.0483. The van der Waals surface area contributed by atoms with Crippen molar-refractivity contribution in [3.8, 4) is 0 Å². The molecule has 98 valence electrons. The molecule has 0 fully saturated rings. The molecule has 1 atom stereocenters. The number of halogens is 1. The minimum Gasteiger partial charge on any atom is -0.258 e. The van der Waals surface area contributed by atoms with Crippen LogP contribution in [0.5, 0.6) is 0 Å². The third kappa shape index (κ3) is 2.78. The maximum Gasteiger partial charge on any atom is 0.269 e. The minimum atomic E-state index is -0.437. The molecule has 0 aliphatic carbocycles. The van der Waals surface area contributed by atoms with E-state index in [1.807, 2.05) is 6.92 Å². The second-order valence-corrected chi connectivity index (χ2v) is 4.33. The summed E-state index contributed by atoms with van der Waals surface area (Å²) in [6, 6.07) is 12.9. The quantitative estimate of drug-likeness (QED) is 0.607. The molecule has 1 unspecified atom stereocenters. The van der Waals surface area contributed by atoms with Gasteiger partial charge in [0.15, 0.2) is 0 Å². The molecule has 0 heterocycles. The molecule has 0 aromatic heterocycles. The van der Waals surface area contributed by atoms with Crippen LogP contribution >= 0.6 is 0 Å². The zero-order chi connectivity index (χ0) is 13.8. The molecule has 2 rings (SSSR count). The van der Waals surface area contributed by atoms with E-state index in [4.69, 9.17) is 0 Å². The highest BCUT2D eigenvalue weighted by molar-refractivity contribution is 5.39. The molecule has 0 saturated carbocycles. The lowest BCUT2D eigenvalue weighted by molar-refractivity contribution is -0.384. The van der Waals surface area contributed by atoms with E-state index in [0.29, 0.717) is 5.56 Å². The van der Waals surface area contributed by atoms with Gasteiger partial charge >= 0.3 is 0 Å². The monoisotopic (exact) mass is 259 g/mol. The van der Waals surface area contributed by atoms with Crippen molar-refractivity contribution in [1.29, 1.82) is 0 Å². The summed E-state index contributed by atoms with van der Waals surface area (Å²) in [6.07, 6.45) is 0.735. The van der Waals surface area contributed by atoms with Gasteiger partial charge in [0.2, 0.25) is 0 Å². The maximum absolute atomic E-state index is 13.8. The molecule has 0 amide bonds. The fourth-order valence-electron chi connectivity index (χ4n) is 2.22. The standard InChI is InChI=1S/C15H14FNO2/c1-2-13(14-5-3-4-6-15(14)16)11-7-9-12(10-8-11)17(18)19/h3-10,13H,2H2,1H3. The van der Waals surface area contributed by atoms with Crippen LogP contribution in [0.4, 0.5) is 10.1 Å². The molecule has 2 aromatic rings. The van der Waals surface area contributed by atoms with Crippen LogP contribution in [-0.2, 0) is 0 Å². The molecule has 0 aliphatic rings. The van der Waals surface area contributed by atoms with Gasteiger partial charge in [-0.25, -0.2) is 4.39 Å². The molecule has 0 aliphatic heterocycles. The van der Waals surface area contributed by atoms with Crippen molar-refractivity contribution < 1.29 is 9.31 Å². The number of nitro groups is 1. The first-order valence-electron chi connectivity index (χ1n) is 6.12. The van der Waals surface area contributed by atoms with Crippen molar-refractivity contribution in [2.75, 3.05) is 0 Å². The lowest BCUT2D eigenvalue weighted by Gasteiger charge is -2.16. The Bertz CT molecular complexity index is 581. The molecule has 0 radical (unpaired) electrons. The first-order valence-corrected chi connectivity index (χ1v) is 6.12. The largest absolute Gasteiger partial charge is 0.269 e. The predicted molar refractivity (Wildman–Crippen MR) is 71.6 cm³/mol. The first-order chi connectivity index (χ1) is 9.13. The number of non-ortho nitro benzene ring substituents is 1. The topological polar surface area (TPSA) is 43.1 Å². The van der Waals surface area contributed by atoms with E-state index in [2.05, 4.69) is 0 Å². The molecule has 0 spiro atoms. The highest BCUT2D eigenvalue weighted by atomic mass is 19.1. The summed E-state index contributed by atoms with van der Waals surface area (Å²) in [4.78, 5) is 10.2. The fourth-order valence-corrected chi connectivity index (χ4v) is 2.22. The van der Waals surface area contributed by atoms with Gasteiger partial charge in [0, 0.05) is 18.1 Å². The molecule has 19 heavy (non-hydrogen) atoms. The highest BCUT2D eigenvalue weighted by Crippen LogP contribution is 2.30. The maximum atomic E-state index is 13.8. The summed E-state index contributed by atoms with van der Waals surface area (Å²) >= 11 is 0. The van der Waals surface area contributed by atoms with Crippen molar-refractivity contribution in [2.45, 2.75) is 19.3 Å². The van der Waals surface area contributed by atoms with E-state index in [1.165, 1.54) is 18.2 Å².